The van der Waals surface area contributed by atoms with Gasteiger partial charge in [0.2, 0.25) is 0 Å². The topological polar surface area (TPSA) is 20.3 Å². The lowest BCUT2D eigenvalue weighted by Crippen LogP contribution is -2.11. The third kappa shape index (κ3) is 2.43. The number of benzene rings is 3. The predicted molar refractivity (Wildman–Crippen MR) is 97.1 cm³/mol. The third-order valence-corrected chi connectivity index (χ3v) is 5.30. The molecule has 0 radical (unpaired) electrons. The number of hydrogen-bond acceptors (Lipinski definition) is 3. The average Bonchev–Trinajstić information content (AvgIpc) is 2.92. The zero-order chi connectivity index (χ0) is 15.8. The molecule has 0 atom stereocenters. The summed E-state index contributed by atoms with van der Waals surface area (Å²) in [6, 6.07) is 22.0. The highest BCUT2D eigenvalue weighted by Gasteiger charge is 2.24. The van der Waals surface area contributed by atoms with E-state index in [1.807, 2.05) is 43.4 Å². The Kier molecular flexibility index (Phi) is 3.43. The van der Waals surface area contributed by atoms with Crippen LogP contribution in [0.4, 0.5) is 5.69 Å². The molecule has 0 unspecified atom stereocenters. The number of nitrogens with zero attached hydrogens (tertiary/aromatic N) is 1. The highest BCUT2D eigenvalue weighted by Crippen LogP contribution is 2.48. The maximum atomic E-state index is 12.4. The molecule has 23 heavy (non-hydrogen) atoms. The molecule has 2 nitrogen and oxygen atoms in total. The molecule has 1 aliphatic heterocycles. The summed E-state index contributed by atoms with van der Waals surface area (Å²) in [6.45, 7) is 0. The van der Waals surface area contributed by atoms with Crippen molar-refractivity contribution in [2.24, 2.45) is 0 Å². The standard InChI is InChI=1S/C20H15NOS/c1-21-17-12-11-14-7-5-6-10-16(14)20(17)23-19(21)13-18(22)15-8-3-2-4-9-15/h2-13H,1H3. The molecule has 0 saturated heterocycles. The molecule has 0 spiro atoms. The first-order valence-corrected chi connectivity index (χ1v) is 8.30. The Hall–Kier alpha value is -2.52. The Balaban J connectivity index is 1.74. The van der Waals surface area contributed by atoms with Crippen LogP contribution in [0.25, 0.3) is 10.8 Å². The molecule has 0 fully saturated rings. The Labute approximate surface area is 139 Å². The largest absolute Gasteiger partial charge is 0.338 e. The lowest BCUT2D eigenvalue weighted by atomic mass is 10.1. The fourth-order valence-electron chi connectivity index (χ4n) is 2.82. The molecule has 0 aromatic heterocycles. The molecule has 0 bridgehead atoms. The summed E-state index contributed by atoms with van der Waals surface area (Å²) in [6.07, 6.45) is 1.73. The second-order valence-corrected chi connectivity index (χ2v) is 6.54. The first-order valence-electron chi connectivity index (χ1n) is 7.48. The van der Waals surface area contributed by atoms with Gasteiger partial charge in [-0.05, 0) is 16.8 Å². The van der Waals surface area contributed by atoms with Gasteiger partial charge in [0.1, 0.15) is 0 Å². The van der Waals surface area contributed by atoms with Crippen LogP contribution in [-0.2, 0) is 0 Å². The second kappa shape index (κ2) is 5.60. The highest BCUT2D eigenvalue weighted by atomic mass is 32.2. The number of ketones is 1. The van der Waals surface area contributed by atoms with Crippen molar-refractivity contribution in [2.75, 3.05) is 11.9 Å². The van der Waals surface area contributed by atoms with Crippen LogP contribution >= 0.6 is 11.8 Å². The van der Waals surface area contributed by atoms with E-state index in [0.717, 1.165) is 16.3 Å². The lowest BCUT2D eigenvalue weighted by Gasteiger charge is -2.13. The van der Waals surface area contributed by atoms with Gasteiger partial charge < -0.3 is 4.90 Å². The van der Waals surface area contributed by atoms with Crippen molar-refractivity contribution >= 4 is 34.0 Å². The lowest BCUT2D eigenvalue weighted by molar-refractivity contribution is 0.104. The highest BCUT2D eigenvalue weighted by molar-refractivity contribution is 8.04. The third-order valence-electron chi connectivity index (χ3n) is 4.07. The molecule has 1 heterocycles. The first kappa shape index (κ1) is 14.1. The van der Waals surface area contributed by atoms with E-state index >= 15 is 0 Å². The summed E-state index contributed by atoms with van der Waals surface area (Å²) >= 11 is 1.66. The smallest absolute Gasteiger partial charge is 0.188 e. The summed E-state index contributed by atoms with van der Waals surface area (Å²) in [5, 5.41) is 3.42. The Morgan fingerprint density at radius 2 is 1.70 bits per heavy atom. The van der Waals surface area contributed by atoms with Crippen molar-refractivity contribution < 1.29 is 4.79 Å². The van der Waals surface area contributed by atoms with Crippen LogP contribution in [0, 0.1) is 0 Å². The molecule has 3 heteroatoms. The van der Waals surface area contributed by atoms with Crippen LogP contribution in [0.2, 0.25) is 0 Å². The fourth-order valence-corrected chi connectivity index (χ4v) is 4.03. The van der Waals surface area contributed by atoms with Gasteiger partial charge in [0, 0.05) is 23.6 Å². The number of allylic oxidation sites excluding steroid dienone is 1. The van der Waals surface area contributed by atoms with E-state index < -0.39 is 0 Å². The fraction of sp³-hybridized carbons (Fsp3) is 0.0500. The summed E-state index contributed by atoms with van der Waals surface area (Å²) < 4.78 is 0. The Bertz CT molecular complexity index is 931. The quantitative estimate of drug-likeness (QED) is 0.484. The van der Waals surface area contributed by atoms with Crippen LogP contribution in [0.5, 0.6) is 0 Å². The minimum atomic E-state index is 0.0389. The number of carbonyl (C=O) groups excluding carboxylic acids is 1. The van der Waals surface area contributed by atoms with E-state index in [1.165, 1.54) is 15.7 Å². The summed E-state index contributed by atoms with van der Waals surface area (Å²) in [5.41, 5.74) is 1.87. The molecule has 4 rings (SSSR count). The van der Waals surface area contributed by atoms with Gasteiger partial charge in [-0.2, -0.15) is 0 Å². The van der Waals surface area contributed by atoms with Crippen LogP contribution in [-0.4, -0.2) is 12.8 Å². The molecule has 0 saturated carbocycles. The molecule has 3 aromatic carbocycles. The maximum Gasteiger partial charge on any atom is 0.188 e. The molecular formula is C20H15NOS. The van der Waals surface area contributed by atoms with Crippen molar-refractivity contribution in [1.82, 2.24) is 0 Å². The minimum absolute atomic E-state index is 0.0389. The van der Waals surface area contributed by atoms with Gasteiger partial charge in [-0.15, -0.1) is 0 Å². The van der Waals surface area contributed by atoms with E-state index in [9.17, 15) is 4.79 Å². The average molecular weight is 317 g/mol. The van der Waals surface area contributed by atoms with Crippen molar-refractivity contribution in [1.29, 1.82) is 0 Å². The van der Waals surface area contributed by atoms with Gasteiger partial charge in [-0.3, -0.25) is 4.79 Å². The van der Waals surface area contributed by atoms with E-state index in [2.05, 4.69) is 35.2 Å². The first-order chi connectivity index (χ1) is 11.2. The predicted octanol–water partition coefficient (Wildman–Crippen LogP) is 5.11. The zero-order valence-electron chi connectivity index (χ0n) is 12.7. The number of thioether (sulfide) groups is 1. The maximum absolute atomic E-state index is 12.4. The van der Waals surface area contributed by atoms with Crippen molar-refractivity contribution in [2.45, 2.75) is 4.90 Å². The monoisotopic (exact) mass is 317 g/mol. The normalized spacial score (nSPS) is 15.2. The molecular weight excluding hydrogens is 302 g/mol. The van der Waals surface area contributed by atoms with Crippen LogP contribution in [0.1, 0.15) is 10.4 Å². The summed E-state index contributed by atoms with van der Waals surface area (Å²) in [7, 11) is 2.01. The molecule has 112 valence electrons. The van der Waals surface area contributed by atoms with Gasteiger partial charge in [0.05, 0.1) is 10.7 Å². The number of fused-ring (bicyclic) bond motifs is 3. The molecule has 0 aliphatic carbocycles. The van der Waals surface area contributed by atoms with Crippen LogP contribution in [0.3, 0.4) is 0 Å². The second-order valence-electron chi connectivity index (χ2n) is 5.51. The molecule has 3 aromatic rings. The Morgan fingerprint density at radius 3 is 2.52 bits per heavy atom. The SMILES string of the molecule is CN1C(=CC(=O)c2ccccc2)Sc2c1ccc1ccccc21. The van der Waals surface area contributed by atoms with Gasteiger partial charge in [-0.1, -0.05) is 72.4 Å². The number of rotatable bonds is 2. The van der Waals surface area contributed by atoms with Crippen molar-refractivity contribution in [3.8, 4) is 0 Å². The molecule has 1 aliphatic rings. The molecule has 0 amide bonds. The van der Waals surface area contributed by atoms with Crippen LogP contribution < -0.4 is 4.90 Å². The van der Waals surface area contributed by atoms with Crippen molar-refractivity contribution in [3.63, 3.8) is 0 Å². The minimum Gasteiger partial charge on any atom is -0.338 e. The van der Waals surface area contributed by atoms with Crippen molar-refractivity contribution in [3.05, 3.63) is 83.4 Å². The molecule has 0 N–H and O–H groups in total. The van der Waals surface area contributed by atoms with Gasteiger partial charge in [0.25, 0.3) is 0 Å². The number of hydrogen-bond donors (Lipinski definition) is 0. The van der Waals surface area contributed by atoms with Gasteiger partial charge in [0.15, 0.2) is 5.78 Å². The van der Waals surface area contributed by atoms with E-state index in [-0.39, 0.29) is 5.78 Å². The number of carbonyl (C=O) groups is 1. The zero-order valence-corrected chi connectivity index (χ0v) is 13.5. The summed E-state index contributed by atoms with van der Waals surface area (Å²) in [5.74, 6) is 0.0389. The van der Waals surface area contributed by atoms with E-state index in [4.69, 9.17) is 0 Å². The van der Waals surface area contributed by atoms with Gasteiger partial charge in [-0.25, -0.2) is 0 Å². The van der Waals surface area contributed by atoms with Gasteiger partial charge >= 0.3 is 0 Å². The number of anilines is 1. The summed E-state index contributed by atoms with van der Waals surface area (Å²) in [4.78, 5) is 15.8. The Morgan fingerprint density at radius 1 is 0.957 bits per heavy atom. The van der Waals surface area contributed by atoms with E-state index in [1.54, 1.807) is 17.8 Å². The van der Waals surface area contributed by atoms with Crippen LogP contribution in [0.15, 0.2) is 82.7 Å². The van der Waals surface area contributed by atoms with E-state index in [0.29, 0.717) is 0 Å².